The van der Waals surface area contributed by atoms with Gasteiger partial charge in [0.05, 0.1) is 43.5 Å². The fraction of sp³-hybridized carbons (Fsp3) is 0.350. The van der Waals surface area contributed by atoms with Crippen molar-refractivity contribution in [2.75, 3.05) is 32.0 Å². The van der Waals surface area contributed by atoms with Crippen molar-refractivity contribution in [1.29, 1.82) is 0 Å². The lowest BCUT2D eigenvalue weighted by molar-refractivity contribution is -0.887. The van der Waals surface area contributed by atoms with Crippen LogP contribution in [-0.4, -0.2) is 45.3 Å². The third-order valence-corrected chi connectivity index (χ3v) is 7.48. The van der Waals surface area contributed by atoms with Crippen LogP contribution >= 0.6 is 0 Å². The number of anilines is 1. The first kappa shape index (κ1) is 18.2. The average Bonchev–Trinajstić information content (AvgIpc) is 2.96. The third kappa shape index (κ3) is 3.16. The minimum atomic E-state index is -3.66. The summed E-state index contributed by atoms with van der Waals surface area (Å²) in [6.07, 6.45) is 0. The maximum absolute atomic E-state index is 13.5. The molecule has 2 heterocycles. The van der Waals surface area contributed by atoms with Gasteiger partial charge in [0.25, 0.3) is 0 Å². The Morgan fingerprint density at radius 1 is 1.15 bits per heavy atom. The van der Waals surface area contributed by atoms with Crippen molar-refractivity contribution < 1.29 is 18.1 Å². The molecule has 3 atom stereocenters. The monoisotopic (exact) mass is 386 g/mol. The summed E-state index contributed by atoms with van der Waals surface area (Å²) in [4.78, 5) is 13.5. The van der Waals surface area contributed by atoms with Crippen LogP contribution in [0.15, 0.2) is 53.4 Å². The molecular weight excluding hydrogens is 362 g/mol. The number of hydrogen-bond donors (Lipinski definition) is 2. The Morgan fingerprint density at radius 3 is 2.63 bits per heavy atom. The summed E-state index contributed by atoms with van der Waals surface area (Å²) in [5.74, 6) is -0.429. The molecule has 2 aromatic rings. The second kappa shape index (κ2) is 6.74. The molecule has 1 unspecified atom stereocenters. The zero-order valence-corrected chi connectivity index (χ0v) is 16.3. The molecule has 142 valence electrons. The van der Waals surface area contributed by atoms with Crippen molar-refractivity contribution in [1.82, 2.24) is 4.31 Å². The maximum Gasteiger partial charge on any atom is 0.244 e. The van der Waals surface area contributed by atoms with E-state index in [9.17, 15) is 13.2 Å². The van der Waals surface area contributed by atoms with E-state index in [0.29, 0.717) is 12.2 Å². The second-order valence-electron chi connectivity index (χ2n) is 7.41. The molecule has 1 saturated heterocycles. The molecule has 1 fully saturated rings. The first-order chi connectivity index (χ1) is 12.9. The van der Waals surface area contributed by atoms with Gasteiger partial charge in [-0.1, -0.05) is 30.3 Å². The van der Waals surface area contributed by atoms with Crippen LogP contribution in [0.5, 0.6) is 0 Å². The van der Waals surface area contributed by atoms with E-state index in [4.69, 9.17) is 0 Å². The van der Waals surface area contributed by atoms with E-state index in [-0.39, 0.29) is 22.8 Å². The number of nitrogens with zero attached hydrogens (tertiary/aromatic N) is 1. The molecule has 2 aliphatic heterocycles. The van der Waals surface area contributed by atoms with Gasteiger partial charge in [-0.3, -0.25) is 4.79 Å². The van der Waals surface area contributed by atoms with Crippen molar-refractivity contribution in [2.45, 2.75) is 23.8 Å². The van der Waals surface area contributed by atoms with Crippen LogP contribution in [-0.2, 0) is 14.8 Å². The van der Waals surface area contributed by atoms with Gasteiger partial charge in [-0.25, -0.2) is 8.42 Å². The summed E-state index contributed by atoms with van der Waals surface area (Å²) >= 11 is 0. The highest BCUT2D eigenvalue weighted by Crippen LogP contribution is 2.35. The van der Waals surface area contributed by atoms with Crippen molar-refractivity contribution >= 4 is 21.6 Å². The lowest BCUT2D eigenvalue weighted by Gasteiger charge is -2.37. The van der Waals surface area contributed by atoms with Crippen LogP contribution < -0.4 is 10.2 Å². The summed E-state index contributed by atoms with van der Waals surface area (Å²) in [5.41, 5.74) is 2.46. The minimum Gasteiger partial charge on any atom is -0.335 e. The van der Waals surface area contributed by atoms with E-state index in [0.717, 1.165) is 24.2 Å². The third-order valence-electron chi connectivity index (χ3n) is 5.58. The molecule has 0 bridgehead atoms. The number of rotatable bonds is 3. The summed E-state index contributed by atoms with van der Waals surface area (Å²) in [7, 11) is -1.57. The van der Waals surface area contributed by atoms with Gasteiger partial charge >= 0.3 is 0 Å². The van der Waals surface area contributed by atoms with Gasteiger partial charge in [-0.15, -0.1) is 0 Å². The molecule has 0 aliphatic carbocycles. The van der Waals surface area contributed by atoms with Crippen molar-refractivity contribution in [3.05, 3.63) is 59.7 Å². The summed E-state index contributed by atoms with van der Waals surface area (Å²) in [5, 5.41) is 2.80. The number of likely N-dealkylation sites (N-methyl/N-ethyl adjacent to an activating group) is 1. The number of piperazine rings is 1. The van der Waals surface area contributed by atoms with Crippen LogP contribution in [0.4, 0.5) is 5.69 Å². The molecule has 4 rings (SSSR count). The van der Waals surface area contributed by atoms with E-state index in [1.807, 2.05) is 30.3 Å². The van der Waals surface area contributed by atoms with Gasteiger partial charge < -0.3 is 10.2 Å². The van der Waals surface area contributed by atoms with E-state index in [2.05, 4.69) is 12.4 Å². The van der Waals surface area contributed by atoms with Crippen LogP contribution in [0.25, 0.3) is 0 Å². The molecule has 7 heteroatoms. The van der Waals surface area contributed by atoms with Gasteiger partial charge in [0.1, 0.15) is 0 Å². The number of sulfonamides is 1. The molecule has 2 aliphatic rings. The summed E-state index contributed by atoms with van der Waals surface area (Å²) in [6, 6.07) is 14.5. The van der Waals surface area contributed by atoms with Crippen molar-refractivity contribution in [3.8, 4) is 0 Å². The molecule has 2 aromatic carbocycles. The number of nitrogens with one attached hydrogen (secondary N) is 2. The Balaban J connectivity index is 1.73. The fourth-order valence-corrected chi connectivity index (χ4v) is 5.58. The van der Waals surface area contributed by atoms with E-state index < -0.39 is 10.0 Å². The molecule has 0 spiro atoms. The SMILES string of the molecule is C[C@@H]1C(=O)Nc2ccc(S(=O)(=O)N3CC[NH+](C)C[C@@H]3c3ccccc3)cc21. The Bertz CT molecular complexity index is 975. The van der Waals surface area contributed by atoms with E-state index >= 15 is 0 Å². The number of carbonyl (C=O) groups is 1. The lowest BCUT2D eigenvalue weighted by atomic mass is 10.0. The molecule has 0 saturated carbocycles. The topological polar surface area (TPSA) is 70.9 Å². The molecule has 2 N–H and O–H groups in total. The molecule has 0 aromatic heterocycles. The van der Waals surface area contributed by atoms with Crippen LogP contribution in [0, 0.1) is 0 Å². The fourth-order valence-electron chi connectivity index (χ4n) is 3.93. The number of quaternary nitrogens is 1. The van der Waals surface area contributed by atoms with E-state index in [1.165, 1.54) is 4.90 Å². The highest BCUT2D eigenvalue weighted by atomic mass is 32.2. The first-order valence-corrected chi connectivity index (χ1v) is 10.6. The smallest absolute Gasteiger partial charge is 0.244 e. The van der Waals surface area contributed by atoms with Crippen LogP contribution in [0.2, 0.25) is 0 Å². The number of fused-ring (bicyclic) bond motifs is 1. The Morgan fingerprint density at radius 2 is 1.89 bits per heavy atom. The zero-order valence-electron chi connectivity index (χ0n) is 15.5. The largest absolute Gasteiger partial charge is 0.335 e. The predicted molar refractivity (Wildman–Crippen MR) is 103 cm³/mol. The van der Waals surface area contributed by atoms with Crippen molar-refractivity contribution in [2.24, 2.45) is 0 Å². The maximum atomic E-state index is 13.5. The van der Waals surface area contributed by atoms with Gasteiger partial charge in [0, 0.05) is 5.69 Å². The highest BCUT2D eigenvalue weighted by Gasteiger charge is 2.39. The Labute approximate surface area is 159 Å². The number of hydrogen-bond acceptors (Lipinski definition) is 3. The van der Waals surface area contributed by atoms with Gasteiger partial charge in [0.15, 0.2) is 0 Å². The summed E-state index contributed by atoms with van der Waals surface area (Å²) in [6.45, 7) is 3.76. The summed E-state index contributed by atoms with van der Waals surface area (Å²) < 4.78 is 28.6. The molecule has 1 amide bonds. The number of amides is 1. The Kier molecular flexibility index (Phi) is 4.53. The Hall–Kier alpha value is -2.22. The molecular formula is C20H24N3O3S+. The minimum absolute atomic E-state index is 0.0927. The zero-order chi connectivity index (χ0) is 19.2. The lowest BCUT2D eigenvalue weighted by Crippen LogP contribution is -3.12. The standard InChI is InChI=1S/C20H23N3O3S/c1-14-17-12-16(8-9-18(17)21-20(14)24)27(25,26)23-11-10-22(2)13-19(23)15-6-4-3-5-7-15/h3-9,12,14,19H,10-11,13H2,1-2H3,(H,21,24)/p+1/t14-,19+/m0/s1. The number of carbonyl (C=O) groups excluding carboxylic acids is 1. The van der Waals surface area contributed by atoms with E-state index in [1.54, 1.807) is 29.4 Å². The quantitative estimate of drug-likeness (QED) is 0.827. The predicted octanol–water partition coefficient (Wildman–Crippen LogP) is 1.00. The van der Waals surface area contributed by atoms with Gasteiger partial charge in [-0.2, -0.15) is 4.31 Å². The number of benzene rings is 2. The molecule has 27 heavy (non-hydrogen) atoms. The molecule has 0 radical (unpaired) electrons. The van der Waals surface area contributed by atoms with Crippen LogP contribution in [0.3, 0.4) is 0 Å². The first-order valence-electron chi connectivity index (χ1n) is 9.21. The average molecular weight is 386 g/mol. The van der Waals surface area contributed by atoms with Crippen LogP contribution in [0.1, 0.15) is 30.0 Å². The highest BCUT2D eigenvalue weighted by molar-refractivity contribution is 7.89. The second-order valence-corrected chi connectivity index (χ2v) is 9.30. The van der Waals surface area contributed by atoms with Gasteiger partial charge in [0.2, 0.25) is 15.9 Å². The van der Waals surface area contributed by atoms with Crippen molar-refractivity contribution in [3.63, 3.8) is 0 Å². The normalized spacial score (nSPS) is 25.9. The molecule has 6 nitrogen and oxygen atoms in total. The van der Waals surface area contributed by atoms with Gasteiger partial charge in [-0.05, 0) is 36.2 Å².